The summed E-state index contributed by atoms with van der Waals surface area (Å²) in [4.78, 5) is 25.5. The Hall–Kier alpha value is -0.100. The molecule has 2 bridgehead atoms. The molecule has 0 N–H and O–H groups in total. The SMILES string of the molecule is CC(C)(C)OC(=O)N1C(=O)[C@@H]2C[C@@H](Br)[C@H]1[C@H]2Br. The topological polar surface area (TPSA) is 46.6 Å². The summed E-state index contributed by atoms with van der Waals surface area (Å²) in [6.45, 7) is 5.38. The van der Waals surface area contributed by atoms with Crippen LogP contribution in [0.5, 0.6) is 0 Å². The minimum Gasteiger partial charge on any atom is -0.443 e. The largest absolute Gasteiger partial charge is 0.443 e. The fraction of sp³-hybridized carbons (Fsp3) is 0.818. The molecule has 96 valence electrons. The molecule has 0 aromatic rings. The predicted molar refractivity (Wildman–Crippen MR) is 70.4 cm³/mol. The van der Waals surface area contributed by atoms with Gasteiger partial charge < -0.3 is 4.74 Å². The molecular weight excluding hydrogens is 354 g/mol. The van der Waals surface area contributed by atoms with Crippen molar-refractivity contribution < 1.29 is 14.3 Å². The van der Waals surface area contributed by atoms with Crippen molar-refractivity contribution in [1.29, 1.82) is 0 Å². The Morgan fingerprint density at radius 1 is 1.41 bits per heavy atom. The first kappa shape index (κ1) is 13.3. The molecule has 2 amide bonds. The van der Waals surface area contributed by atoms with Crippen molar-refractivity contribution in [3.8, 4) is 0 Å². The molecule has 17 heavy (non-hydrogen) atoms. The molecule has 0 spiro atoms. The number of carbonyl (C=O) groups excluding carboxylic acids is 2. The number of amides is 2. The zero-order valence-corrected chi connectivity index (χ0v) is 13.1. The molecule has 1 aliphatic carbocycles. The second kappa shape index (κ2) is 4.23. The monoisotopic (exact) mass is 367 g/mol. The number of likely N-dealkylation sites (tertiary alicyclic amines) is 1. The number of rotatable bonds is 0. The van der Waals surface area contributed by atoms with E-state index in [1.54, 1.807) is 20.8 Å². The number of hydrogen-bond donors (Lipinski definition) is 0. The zero-order valence-electron chi connectivity index (χ0n) is 9.94. The van der Waals surface area contributed by atoms with Gasteiger partial charge in [-0.25, -0.2) is 9.69 Å². The van der Waals surface area contributed by atoms with E-state index >= 15 is 0 Å². The van der Waals surface area contributed by atoms with Crippen LogP contribution >= 0.6 is 31.9 Å². The maximum atomic E-state index is 12.0. The summed E-state index contributed by atoms with van der Waals surface area (Å²) >= 11 is 7.02. The number of hydrogen-bond acceptors (Lipinski definition) is 3. The van der Waals surface area contributed by atoms with Crippen LogP contribution in [0.15, 0.2) is 0 Å². The number of halogens is 2. The number of carbonyl (C=O) groups is 2. The third kappa shape index (κ3) is 2.26. The lowest BCUT2D eigenvalue weighted by Crippen LogP contribution is -2.48. The quantitative estimate of drug-likeness (QED) is 0.617. The van der Waals surface area contributed by atoms with E-state index in [-0.39, 0.29) is 27.5 Å². The number of ether oxygens (including phenoxy) is 1. The van der Waals surface area contributed by atoms with E-state index < -0.39 is 11.7 Å². The highest BCUT2D eigenvalue weighted by Gasteiger charge is 2.59. The Morgan fingerprint density at radius 2 is 2.00 bits per heavy atom. The van der Waals surface area contributed by atoms with E-state index in [2.05, 4.69) is 31.9 Å². The number of fused-ring (bicyclic) bond motifs is 2. The maximum Gasteiger partial charge on any atom is 0.417 e. The predicted octanol–water partition coefficient (Wildman–Crippen LogP) is 2.68. The Bertz CT molecular complexity index is 366. The van der Waals surface area contributed by atoms with Crippen molar-refractivity contribution in [3.05, 3.63) is 0 Å². The van der Waals surface area contributed by atoms with E-state index in [1.807, 2.05) is 0 Å². The van der Waals surface area contributed by atoms with Gasteiger partial charge >= 0.3 is 6.09 Å². The van der Waals surface area contributed by atoms with Crippen LogP contribution in [0.1, 0.15) is 27.2 Å². The first-order chi connectivity index (χ1) is 7.72. The third-order valence-electron chi connectivity index (χ3n) is 3.00. The van der Waals surface area contributed by atoms with Crippen molar-refractivity contribution in [1.82, 2.24) is 4.90 Å². The molecule has 1 aliphatic heterocycles. The molecule has 0 unspecified atom stereocenters. The first-order valence-electron chi connectivity index (χ1n) is 5.56. The number of piperidine rings is 1. The molecule has 1 saturated carbocycles. The smallest absolute Gasteiger partial charge is 0.417 e. The lowest BCUT2D eigenvalue weighted by Gasteiger charge is -2.31. The lowest BCUT2D eigenvalue weighted by atomic mass is 10.1. The molecule has 6 heteroatoms. The summed E-state index contributed by atoms with van der Waals surface area (Å²) in [5.74, 6) is -0.237. The molecule has 0 aromatic carbocycles. The average Bonchev–Trinajstić information content (AvgIpc) is 2.53. The summed E-state index contributed by atoms with van der Waals surface area (Å²) in [6.07, 6.45) is 0.238. The number of alkyl halides is 2. The fourth-order valence-corrected chi connectivity index (χ4v) is 4.76. The van der Waals surface area contributed by atoms with E-state index in [0.717, 1.165) is 6.42 Å². The van der Waals surface area contributed by atoms with Gasteiger partial charge in [0.2, 0.25) is 5.91 Å². The normalized spacial score (nSPS) is 36.5. The minimum atomic E-state index is -0.581. The Balaban J connectivity index is 2.17. The number of imide groups is 1. The van der Waals surface area contributed by atoms with Crippen molar-refractivity contribution in [3.63, 3.8) is 0 Å². The van der Waals surface area contributed by atoms with Crippen molar-refractivity contribution >= 4 is 43.9 Å². The zero-order chi connectivity index (χ0) is 13.0. The summed E-state index contributed by atoms with van der Waals surface area (Å²) in [5.41, 5.74) is -0.581. The van der Waals surface area contributed by atoms with Crippen LogP contribution in [0.2, 0.25) is 0 Å². The summed E-state index contributed by atoms with van der Waals surface area (Å²) < 4.78 is 5.27. The van der Waals surface area contributed by atoms with Crippen molar-refractivity contribution in [2.75, 3.05) is 0 Å². The van der Waals surface area contributed by atoms with E-state index in [9.17, 15) is 9.59 Å². The Labute approximate surface area is 117 Å². The average molecular weight is 369 g/mol. The van der Waals surface area contributed by atoms with Crippen molar-refractivity contribution in [2.24, 2.45) is 5.92 Å². The molecule has 1 heterocycles. The van der Waals surface area contributed by atoms with Crippen LogP contribution in [0, 0.1) is 5.92 Å². The van der Waals surface area contributed by atoms with Gasteiger partial charge in [-0.05, 0) is 27.2 Å². The maximum absolute atomic E-state index is 12.0. The van der Waals surface area contributed by atoms with Gasteiger partial charge in [-0.3, -0.25) is 4.79 Å². The molecule has 2 rings (SSSR count). The van der Waals surface area contributed by atoms with Crippen LogP contribution < -0.4 is 0 Å². The van der Waals surface area contributed by atoms with Gasteiger partial charge in [0.05, 0.1) is 12.0 Å². The summed E-state index contributed by atoms with van der Waals surface area (Å²) in [7, 11) is 0. The van der Waals surface area contributed by atoms with E-state index in [4.69, 9.17) is 4.74 Å². The van der Waals surface area contributed by atoms with Gasteiger partial charge in [-0.1, -0.05) is 31.9 Å². The van der Waals surface area contributed by atoms with Crippen LogP contribution in [-0.2, 0) is 9.53 Å². The van der Waals surface area contributed by atoms with Gasteiger partial charge in [0, 0.05) is 9.65 Å². The van der Waals surface area contributed by atoms with Crippen LogP contribution in [0.3, 0.4) is 0 Å². The minimum absolute atomic E-state index is 0.0342. The Kier molecular flexibility index (Phi) is 3.32. The van der Waals surface area contributed by atoms with Gasteiger partial charge in [-0.2, -0.15) is 0 Å². The second-order valence-electron chi connectivity index (χ2n) is 5.48. The highest BCUT2D eigenvalue weighted by atomic mass is 79.9. The van der Waals surface area contributed by atoms with Gasteiger partial charge in [-0.15, -0.1) is 0 Å². The van der Waals surface area contributed by atoms with E-state index in [1.165, 1.54) is 4.90 Å². The van der Waals surface area contributed by atoms with Crippen LogP contribution in [-0.4, -0.2) is 38.2 Å². The van der Waals surface area contributed by atoms with Crippen molar-refractivity contribution in [2.45, 2.75) is 48.5 Å². The molecular formula is C11H15Br2NO3. The molecule has 1 saturated heterocycles. The first-order valence-corrected chi connectivity index (χ1v) is 7.39. The standard InChI is InChI=1S/C11H15Br2NO3/c1-11(2,3)17-10(16)14-8-6(12)4-5(7(8)13)9(14)15/h5-8H,4H2,1-3H3/t5-,6-,7+,8+/m1/s1. The number of nitrogens with zero attached hydrogens (tertiary/aromatic N) is 1. The fourth-order valence-electron chi connectivity index (χ4n) is 2.34. The molecule has 4 atom stereocenters. The second-order valence-corrected chi connectivity index (χ2v) is 7.72. The van der Waals surface area contributed by atoms with Crippen LogP contribution in [0.25, 0.3) is 0 Å². The highest BCUT2D eigenvalue weighted by molar-refractivity contribution is 9.10. The third-order valence-corrected chi connectivity index (χ3v) is 5.10. The molecule has 2 fully saturated rings. The highest BCUT2D eigenvalue weighted by Crippen LogP contribution is 2.46. The molecule has 0 aromatic heterocycles. The lowest BCUT2D eigenvalue weighted by molar-refractivity contribution is -0.132. The van der Waals surface area contributed by atoms with Crippen LogP contribution in [0.4, 0.5) is 4.79 Å². The molecule has 0 radical (unpaired) electrons. The Morgan fingerprint density at radius 3 is 2.47 bits per heavy atom. The van der Waals surface area contributed by atoms with Gasteiger partial charge in [0.15, 0.2) is 0 Å². The van der Waals surface area contributed by atoms with Gasteiger partial charge in [0.25, 0.3) is 0 Å². The van der Waals surface area contributed by atoms with E-state index in [0.29, 0.717) is 0 Å². The summed E-state index contributed by atoms with van der Waals surface area (Å²) in [5, 5.41) is 0. The summed E-state index contributed by atoms with van der Waals surface area (Å²) in [6, 6.07) is -0.137. The molecule has 2 aliphatic rings. The molecule has 4 nitrogen and oxygen atoms in total. The van der Waals surface area contributed by atoms with Gasteiger partial charge in [0.1, 0.15) is 5.60 Å².